The maximum Gasteiger partial charge on any atom is 0.328 e. The Kier molecular flexibility index (Phi) is 12.1. The van der Waals surface area contributed by atoms with Gasteiger partial charge in [-0.1, -0.05) is 66.7 Å². The molecule has 1 aliphatic carbocycles. The summed E-state index contributed by atoms with van der Waals surface area (Å²) in [4.78, 5) is 51.6. The van der Waals surface area contributed by atoms with Gasteiger partial charge in [0.15, 0.2) is 0 Å². The van der Waals surface area contributed by atoms with E-state index in [1.807, 2.05) is 0 Å². The predicted octanol–water partition coefficient (Wildman–Crippen LogP) is 6.47. The molecular formula is C33H36Cl2N4O6. The fraction of sp³-hybridized carbons (Fsp3) is 0.333. The van der Waals surface area contributed by atoms with Gasteiger partial charge >= 0.3 is 12.0 Å². The Morgan fingerprint density at radius 1 is 0.844 bits per heavy atom. The van der Waals surface area contributed by atoms with Gasteiger partial charge in [0, 0.05) is 18.7 Å². The van der Waals surface area contributed by atoms with E-state index < -0.39 is 23.9 Å². The molecule has 0 unspecified atom stereocenters. The molecule has 1 saturated carbocycles. The van der Waals surface area contributed by atoms with Crippen molar-refractivity contribution in [2.45, 2.75) is 44.6 Å². The molecule has 1 fully saturated rings. The highest BCUT2D eigenvalue weighted by molar-refractivity contribution is 6.40. The van der Waals surface area contributed by atoms with Crippen LogP contribution in [0.5, 0.6) is 5.75 Å². The lowest BCUT2D eigenvalue weighted by Crippen LogP contribution is -2.45. The van der Waals surface area contributed by atoms with E-state index in [0.29, 0.717) is 29.5 Å². The molecule has 10 nitrogen and oxygen atoms in total. The highest BCUT2D eigenvalue weighted by Gasteiger charge is 2.25. The minimum atomic E-state index is -1.06. The summed E-state index contributed by atoms with van der Waals surface area (Å²) in [7, 11) is 2.66. The first kappa shape index (κ1) is 33.6. The van der Waals surface area contributed by atoms with Gasteiger partial charge in [-0.25, -0.2) is 9.59 Å². The van der Waals surface area contributed by atoms with Gasteiger partial charge in [0.2, 0.25) is 0 Å². The Hall–Kier alpha value is -4.28. The van der Waals surface area contributed by atoms with Crippen LogP contribution in [0, 0.1) is 5.92 Å². The molecule has 4 N–H and O–H groups in total. The van der Waals surface area contributed by atoms with Crippen molar-refractivity contribution in [3.8, 4) is 5.75 Å². The third-order valence-electron chi connectivity index (χ3n) is 7.64. The van der Waals surface area contributed by atoms with Crippen LogP contribution in [0.1, 0.15) is 58.4 Å². The van der Waals surface area contributed by atoms with Crippen LogP contribution < -0.4 is 26.0 Å². The van der Waals surface area contributed by atoms with Crippen LogP contribution >= 0.6 is 23.2 Å². The second kappa shape index (κ2) is 16.2. The fourth-order valence-electron chi connectivity index (χ4n) is 5.25. The summed E-state index contributed by atoms with van der Waals surface area (Å²) in [5.74, 6) is -0.743. The number of urea groups is 1. The van der Waals surface area contributed by atoms with Crippen LogP contribution in [-0.4, -0.2) is 50.6 Å². The van der Waals surface area contributed by atoms with Crippen LogP contribution in [0.3, 0.4) is 0 Å². The third-order valence-corrected chi connectivity index (χ3v) is 8.27. The zero-order valence-corrected chi connectivity index (χ0v) is 26.6. The molecule has 0 aliphatic heterocycles. The fourth-order valence-corrected chi connectivity index (χ4v) is 5.82. The zero-order valence-electron chi connectivity index (χ0n) is 25.1. The van der Waals surface area contributed by atoms with Crippen LogP contribution in [0.4, 0.5) is 16.2 Å². The Bertz CT molecular complexity index is 1510. The Morgan fingerprint density at radius 3 is 2.16 bits per heavy atom. The molecule has 0 saturated heterocycles. The number of carbonyl (C=O) groups excluding carboxylic acids is 4. The summed E-state index contributed by atoms with van der Waals surface area (Å²) in [5, 5.41) is 11.5. The molecule has 12 heteroatoms. The van der Waals surface area contributed by atoms with Crippen molar-refractivity contribution in [3.05, 3.63) is 87.4 Å². The van der Waals surface area contributed by atoms with Crippen LogP contribution in [0.2, 0.25) is 10.0 Å². The standard InChI is InChI=1S/C33H36Cl2N4O6/c1-44-27-13-6-10-23(30(40)36-19-21-8-4-3-5-9-21)29(27)39-33(43)38-26(32(42)45-2)18-20-14-16-22(17-15-20)37-31(41)28-24(34)11-7-12-25(28)35/h6-7,10-17,21,26H,3-5,8-9,18-19H2,1-2H3,(H,36,40)(H,37,41)(H2,38,39,43)/t26-/m0/s1. The quantitative estimate of drug-likeness (QED) is 0.175. The van der Waals surface area contributed by atoms with Gasteiger partial charge in [-0.3, -0.25) is 9.59 Å². The number of amides is 4. The maximum absolute atomic E-state index is 13.2. The molecule has 0 radical (unpaired) electrons. The number of ether oxygens (including phenoxy) is 2. The SMILES string of the molecule is COC(=O)[C@H](Cc1ccc(NC(=O)c2c(Cl)cccc2Cl)cc1)NC(=O)Nc1c(OC)cccc1C(=O)NCC1CCCCC1. The molecular weight excluding hydrogens is 619 g/mol. The van der Waals surface area contributed by atoms with Crippen molar-refractivity contribution in [1.29, 1.82) is 0 Å². The number of methoxy groups -OCH3 is 2. The largest absolute Gasteiger partial charge is 0.495 e. The summed E-state index contributed by atoms with van der Waals surface area (Å²) in [6.45, 7) is 0.558. The van der Waals surface area contributed by atoms with E-state index in [1.165, 1.54) is 20.6 Å². The van der Waals surface area contributed by atoms with Crippen molar-refractivity contribution in [2.75, 3.05) is 31.4 Å². The summed E-state index contributed by atoms with van der Waals surface area (Å²) < 4.78 is 10.3. The normalized spacial score (nSPS) is 13.7. The van der Waals surface area contributed by atoms with Crippen molar-refractivity contribution in [2.24, 2.45) is 5.92 Å². The lowest BCUT2D eigenvalue weighted by atomic mass is 9.89. The van der Waals surface area contributed by atoms with Gasteiger partial charge in [-0.15, -0.1) is 0 Å². The van der Waals surface area contributed by atoms with E-state index in [2.05, 4.69) is 21.3 Å². The second-order valence-corrected chi connectivity index (χ2v) is 11.5. The molecule has 4 amide bonds. The van der Waals surface area contributed by atoms with Crippen molar-refractivity contribution in [3.63, 3.8) is 0 Å². The second-order valence-electron chi connectivity index (χ2n) is 10.7. The highest BCUT2D eigenvalue weighted by Crippen LogP contribution is 2.29. The number of rotatable bonds is 11. The summed E-state index contributed by atoms with van der Waals surface area (Å²) in [6.07, 6.45) is 5.79. The minimum absolute atomic E-state index is 0.0886. The lowest BCUT2D eigenvalue weighted by Gasteiger charge is -2.22. The van der Waals surface area contributed by atoms with E-state index in [4.69, 9.17) is 32.7 Å². The molecule has 4 rings (SSSR count). The summed E-state index contributed by atoms with van der Waals surface area (Å²) in [6, 6.07) is 14.6. The van der Waals surface area contributed by atoms with Gasteiger partial charge in [0.1, 0.15) is 11.8 Å². The van der Waals surface area contributed by atoms with Crippen molar-refractivity contribution >= 4 is 58.4 Å². The van der Waals surface area contributed by atoms with Gasteiger partial charge in [-0.2, -0.15) is 0 Å². The molecule has 1 aliphatic rings. The van der Waals surface area contributed by atoms with E-state index >= 15 is 0 Å². The molecule has 0 bridgehead atoms. The molecule has 0 heterocycles. The number of hydrogen-bond acceptors (Lipinski definition) is 6. The number of benzene rings is 3. The topological polar surface area (TPSA) is 135 Å². The first-order valence-corrected chi connectivity index (χ1v) is 15.4. The molecule has 0 spiro atoms. The first-order chi connectivity index (χ1) is 21.7. The number of carbonyl (C=O) groups is 4. The van der Waals surface area contributed by atoms with Crippen LogP contribution in [0.25, 0.3) is 0 Å². The van der Waals surface area contributed by atoms with Crippen LogP contribution in [-0.2, 0) is 16.0 Å². The molecule has 0 aromatic heterocycles. The molecule has 238 valence electrons. The summed E-state index contributed by atoms with van der Waals surface area (Å²) >= 11 is 12.3. The number of hydrogen-bond donors (Lipinski definition) is 4. The van der Waals surface area contributed by atoms with E-state index in [9.17, 15) is 19.2 Å². The molecule has 3 aromatic rings. The van der Waals surface area contributed by atoms with E-state index in [-0.39, 0.29) is 39.2 Å². The van der Waals surface area contributed by atoms with Crippen molar-refractivity contribution in [1.82, 2.24) is 10.6 Å². The van der Waals surface area contributed by atoms with E-state index in [1.54, 1.807) is 60.7 Å². The number of halogens is 2. The minimum Gasteiger partial charge on any atom is -0.495 e. The Morgan fingerprint density at radius 2 is 1.51 bits per heavy atom. The summed E-state index contributed by atoms with van der Waals surface area (Å²) in [5.41, 5.74) is 1.74. The molecule has 3 aromatic carbocycles. The number of esters is 1. The monoisotopic (exact) mass is 654 g/mol. The highest BCUT2D eigenvalue weighted by atomic mass is 35.5. The smallest absolute Gasteiger partial charge is 0.328 e. The number of anilines is 2. The third kappa shape index (κ3) is 9.12. The molecule has 1 atom stereocenters. The van der Waals surface area contributed by atoms with Gasteiger partial charge in [0.25, 0.3) is 11.8 Å². The van der Waals surface area contributed by atoms with Crippen molar-refractivity contribution < 1.29 is 28.7 Å². The first-order valence-electron chi connectivity index (χ1n) is 14.6. The Labute approximate surface area is 272 Å². The van der Waals surface area contributed by atoms with Gasteiger partial charge in [-0.05, 0) is 60.7 Å². The maximum atomic E-state index is 13.2. The number of nitrogens with one attached hydrogen (secondary N) is 4. The van der Waals surface area contributed by atoms with Gasteiger partial charge in [0.05, 0.1) is 41.1 Å². The molecule has 45 heavy (non-hydrogen) atoms. The average Bonchev–Trinajstić information content (AvgIpc) is 3.04. The average molecular weight is 656 g/mol. The van der Waals surface area contributed by atoms with Crippen LogP contribution in [0.15, 0.2) is 60.7 Å². The lowest BCUT2D eigenvalue weighted by molar-refractivity contribution is -0.142. The van der Waals surface area contributed by atoms with Gasteiger partial charge < -0.3 is 30.7 Å². The Balaban J connectivity index is 1.42. The predicted molar refractivity (Wildman–Crippen MR) is 174 cm³/mol. The number of para-hydroxylation sites is 1. The zero-order chi connectivity index (χ0) is 32.3. The van der Waals surface area contributed by atoms with E-state index in [0.717, 1.165) is 25.7 Å².